The number of rotatable bonds is 7. The summed E-state index contributed by atoms with van der Waals surface area (Å²) in [5.41, 5.74) is 2.35. The molecular weight excluding hydrogens is 651 g/mol. The van der Waals surface area contributed by atoms with Crippen molar-refractivity contribution in [3.05, 3.63) is 102 Å². The molecule has 1 saturated heterocycles. The van der Waals surface area contributed by atoms with E-state index in [0.717, 1.165) is 35.4 Å². The molecule has 246 valence electrons. The zero-order chi connectivity index (χ0) is 32.0. The van der Waals surface area contributed by atoms with Crippen LogP contribution in [0.1, 0.15) is 24.0 Å². The maximum Gasteiger partial charge on any atom is 0.573 e. The number of nitrogens with zero attached hydrogens (tertiary/aromatic N) is 3. The van der Waals surface area contributed by atoms with Crippen molar-refractivity contribution in [1.29, 1.82) is 0 Å². The van der Waals surface area contributed by atoms with E-state index in [0.29, 0.717) is 38.0 Å². The fraction of sp³-hybridized carbons (Fsp3) is 0.355. The van der Waals surface area contributed by atoms with Crippen molar-refractivity contribution in [2.24, 2.45) is 0 Å². The monoisotopic (exact) mass is 687 g/mol. The molecule has 0 radical (unpaired) electrons. The number of hydrogen-bond acceptors (Lipinski definition) is 6. The molecule has 1 fully saturated rings. The summed E-state index contributed by atoms with van der Waals surface area (Å²) in [6.07, 6.45) is -3.88. The smallest absolute Gasteiger partial charge is 0.406 e. The van der Waals surface area contributed by atoms with Crippen LogP contribution in [0, 0.1) is 6.92 Å². The van der Waals surface area contributed by atoms with Gasteiger partial charge >= 0.3 is 6.36 Å². The first-order valence-corrected chi connectivity index (χ1v) is 17.0. The Balaban J connectivity index is 0.00000552. The van der Waals surface area contributed by atoms with Crippen LogP contribution in [0.3, 0.4) is 0 Å². The maximum atomic E-state index is 13.7. The van der Waals surface area contributed by atoms with Crippen LogP contribution >= 0.6 is 12.4 Å². The second-order valence-electron chi connectivity index (χ2n) is 10.7. The highest BCUT2D eigenvalue weighted by Gasteiger charge is 2.32. The van der Waals surface area contributed by atoms with Gasteiger partial charge in [0.25, 0.3) is 0 Å². The van der Waals surface area contributed by atoms with E-state index in [4.69, 9.17) is 0 Å². The molecule has 0 spiro atoms. The van der Waals surface area contributed by atoms with Gasteiger partial charge in [0.05, 0.1) is 9.79 Å². The van der Waals surface area contributed by atoms with E-state index in [-0.39, 0.29) is 48.4 Å². The van der Waals surface area contributed by atoms with Crippen molar-refractivity contribution in [3.63, 3.8) is 0 Å². The SMILES string of the molecule is C=C1CN(S(=O)(=O)c2ccc(C)cc2)CCCN(Cc2ccccc2)CCCN(S(=O)(=O)c2ccc(OC(F)(F)F)cc2)C1.Cl. The van der Waals surface area contributed by atoms with Gasteiger partial charge in [0, 0.05) is 32.7 Å². The van der Waals surface area contributed by atoms with Gasteiger partial charge in [-0.1, -0.05) is 54.6 Å². The van der Waals surface area contributed by atoms with Crippen LogP contribution in [0.5, 0.6) is 5.75 Å². The van der Waals surface area contributed by atoms with Gasteiger partial charge in [-0.2, -0.15) is 8.61 Å². The Hall–Kier alpha value is -2.94. The van der Waals surface area contributed by atoms with Crippen LogP contribution in [-0.4, -0.2) is 76.0 Å². The first-order valence-electron chi connectivity index (χ1n) is 14.1. The molecule has 0 bridgehead atoms. The summed E-state index contributed by atoms with van der Waals surface area (Å²) >= 11 is 0. The van der Waals surface area contributed by atoms with Gasteiger partial charge in [0.15, 0.2) is 0 Å². The molecule has 0 N–H and O–H groups in total. The minimum atomic E-state index is -4.91. The number of hydrogen-bond donors (Lipinski definition) is 0. The summed E-state index contributed by atoms with van der Waals surface area (Å²) in [7, 11) is -8.10. The zero-order valence-electron chi connectivity index (χ0n) is 24.8. The summed E-state index contributed by atoms with van der Waals surface area (Å²) in [5, 5.41) is 0. The summed E-state index contributed by atoms with van der Waals surface area (Å²) in [5.74, 6) is -0.539. The second kappa shape index (κ2) is 15.6. The fourth-order valence-electron chi connectivity index (χ4n) is 4.99. The molecule has 4 rings (SSSR count). The number of sulfonamides is 2. The Morgan fingerprint density at radius 2 is 1.20 bits per heavy atom. The highest BCUT2D eigenvalue weighted by atomic mass is 35.5. The van der Waals surface area contributed by atoms with Crippen molar-refractivity contribution < 1.29 is 34.7 Å². The van der Waals surface area contributed by atoms with Crippen LogP contribution in [-0.2, 0) is 26.6 Å². The summed E-state index contributed by atoms with van der Waals surface area (Å²) in [6, 6.07) is 20.3. The summed E-state index contributed by atoms with van der Waals surface area (Å²) in [4.78, 5) is 2.09. The van der Waals surface area contributed by atoms with Gasteiger partial charge < -0.3 is 4.74 Å². The molecule has 3 aromatic carbocycles. The Morgan fingerprint density at radius 3 is 1.67 bits per heavy atom. The maximum absolute atomic E-state index is 13.7. The highest BCUT2D eigenvalue weighted by molar-refractivity contribution is 7.89. The van der Waals surface area contributed by atoms with Gasteiger partial charge in [-0.05, 0) is 80.4 Å². The lowest BCUT2D eigenvalue weighted by molar-refractivity contribution is -0.274. The van der Waals surface area contributed by atoms with Gasteiger partial charge in [-0.15, -0.1) is 25.6 Å². The minimum Gasteiger partial charge on any atom is -0.406 e. The fourth-order valence-corrected chi connectivity index (χ4v) is 7.99. The topological polar surface area (TPSA) is 87.2 Å². The van der Waals surface area contributed by atoms with Crippen LogP contribution in [0.25, 0.3) is 0 Å². The van der Waals surface area contributed by atoms with Crippen molar-refractivity contribution in [3.8, 4) is 5.75 Å². The van der Waals surface area contributed by atoms with E-state index >= 15 is 0 Å². The van der Waals surface area contributed by atoms with Gasteiger partial charge in [-0.3, -0.25) is 4.90 Å². The second-order valence-corrected chi connectivity index (χ2v) is 14.6. The van der Waals surface area contributed by atoms with E-state index < -0.39 is 32.2 Å². The van der Waals surface area contributed by atoms with Gasteiger partial charge in [0.2, 0.25) is 20.0 Å². The molecule has 0 aliphatic carbocycles. The Kier molecular flexibility index (Phi) is 12.6. The zero-order valence-corrected chi connectivity index (χ0v) is 27.3. The van der Waals surface area contributed by atoms with Crippen molar-refractivity contribution >= 4 is 32.5 Å². The largest absolute Gasteiger partial charge is 0.573 e. The molecule has 1 heterocycles. The van der Waals surface area contributed by atoms with Crippen molar-refractivity contribution in [1.82, 2.24) is 13.5 Å². The first-order chi connectivity index (χ1) is 20.7. The Bertz CT molecular complexity index is 1620. The Morgan fingerprint density at radius 1 is 0.733 bits per heavy atom. The van der Waals surface area contributed by atoms with Gasteiger partial charge in [0.1, 0.15) is 5.75 Å². The Labute approximate surface area is 269 Å². The van der Waals surface area contributed by atoms with E-state index in [9.17, 15) is 30.0 Å². The molecule has 0 atom stereocenters. The molecule has 0 saturated carbocycles. The molecule has 1 aliphatic heterocycles. The van der Waals surface area contributed by atoms with Crippen LogP contribution in [0.4, 0.5) is 13.2 Å². The quantitative estimate of drug-likeness (QED) is 0.290. The molecule has 1 aliphatic rings. The summed E-state index contributed by atoms with van der Waals surface area (Å²) < 4.78 is 99.2. The summed E-state index contributed by atoms with van der Waals surface area (Å²) in [6.45, 7) is 7.65. The van der Waals surface area contributed by atoms with Crippen molar-refractivity contribution in [2.45, 2.75) is 42.5 Å². The molecular formula is C31H37ClF3N3O5S2. The number of halogens is 4. The molecule has 0 unspecified atom stereocenters. The average molecular weight is 688 g/mol. The molecule has 14 heteroatoms. The number of aryl methyl sites for hydroxylation is 1. The normalized spacial score (nSPS) is 17.1. The third kappa shape index (κ3) is 10.3. The van der Waals surface area contributed by atoms with Gasteiger partial charge in [-0.25, -0.2) is 16.8 Å². The van der Waals surface area contributed by atoms with E-state index in [1.54, 1.807) is 24.3 Å². The number of ether oxygens (including phenoxy) is 1. The van der Waals surface area contributed by atoms with Crippen molar-refractivity contribution in [2.75, 3.05) is 39.3 Å². The molecule has 45 heavy (non-hydrogen) atoms. The average Bonchev–Trinajstić information content (AvgIpc) is 2.95. The minimum absolute atomic E-state index is 0. The third-order valence-electron chi connectivity index (χ3n) is 7.17. The molecule has 0 aromatic heterocycles. The lowest BCUT2D eigenvalue weighted by atomic mass is 10.2. The first kappa shape index (κ1) is 36.5. The van der Waals surface area contributed by atoms with E-state index in [1.807, 2.05) is 37.3 Å². The number of benzene rings is 3. The number of alkyl halides is 3. The van der Waals surface area contributed by atoms with E-state index in [1.165, 1.54) is 8.61 Å². The predicted molar refractivity (Wildman–Crippen MR) is 169 cm³/mol. The molecule has 3 aromatic rings. The standard InChI is InChI=1S/C31H36F3N3O5S2.ClH/c1-25-10-14-29(15-11-25)43(38,39)36-20-6-18-35(24-27-8-4-3-5-9-27)19-7-21-37(23-26(2)22-36)44(40,41)30-16-12-28(13-17-30)42-31(32,33)34;/h3-5,8-17H,2,6-7,18-24H2,1H3;1H. The van der Waals surface area contributed by atoms with Crippen LogP contribution in [0.2, 0.25) is 0 Å². The third-order valence-corrected chi connectivity index (χ3v) is 10.9. The lowest BCUT2D eigenvalue weighted by Crippen LogP contribution is -2.41. The lowest BCUT2D eigenvalue weighted by Gasteiger charge is -2.30. The van der Waals surface area contributed by atoms with E-state index in [2.05, 4.69) is 16.2 Å². The molecule has 0 amide bonds. The van der Waals surface area contributed by atoms with Crippen LogP contribution < -0.4 is 4.74 Å². The van der Waals surface area contributed by atoms with Crippen LogP contribution in [0.15, 0.2) is 101 Å². The highest BCUT2D eigenvalue weighted by Crippen LogP contribution is 2.26. The predicted octanol–water partition coefficient (Wildman–Crippen LogP) is 5.85. The molecule has 8 nitrogen and oxygen atoms in total.